The van der Waals surface area contributed by atoms with E-state index in [4.69, 9.17) is 5.11 Å². The van der Waals surface area contributed by atoms with Gasteiger partial charge in [0.1, 0.15) is 5.56 Å². The molecule has 2 N–H and O–H groups in total. The largest absolute Gasteiger partial charge is 0.394 e. The molecule has 2 heterocycles. The van der Waals surface area contributed by atoms with Gasteiger partial charge in [0, 0.05) is 24.5 Å². The number of aliphatic hydroxyl groups excluding tert-OH is 1. The van der Waals surface area contributed by atoms with Crippen LogP contribution < -0.4 is 5.43 Å². The van der Waals surface area contributed by atoms with Crippen LogP contribution in [0, 0.1) is 6.92 Å². The van der Waals surface area contributed by atoms with E-state index in [1.54, 1.807) is 11.8 Å². The molecule has 1 amide bonds. The van der Waals surface area contributed by atoms with Gasteiger partial charge < -0.3 is 15.0 Å². The fourth-order valence-corrected chi connectivity index (χ4v) is 2.19. The van der Waals surface area contributed by atoms with Gasteiger partial charge >= 0.3 is 0 Å². The van der Waals surface area contributed by atoms with Crippen LogP contribution in [0.5, 0.6) is 0 Å². The first-order chi connectivity index (χ1) is 8.13. The summed E-state index contributed by atoms with van der Waals surface area (Å²) in [5.74, 6) is -0.289. The zero-order valence-electron chi connectivity index (χ0n) is 9.77. The number of hydrogen-bond acceptors (Lipinski definition) is 3. The minimum atomic E-state index is -0.289. The molecule has 0 unspecified atom stereocenters. The number of hydrogen-bond donors (Lipinski definition) is 2. The molecule has 1 atom stereocenters. The number of aryl methyl sites for hydroxylation is 1. The van der Waals surface area contributed by atoms with Crippen LogP contribution in [-0.4, -0.2) is 40.1 Å². The van der Waals surface area contributed by atoms with E-state index in [0.29, 0.717) is 6.54 Å². The minimum absolute atomic E-state index is 0.0461. The van der Waals surface area contributed by atoms with Gasteiger partial charge in [-0.2, -0.15) is 0 Å². The van der Waals surface area contributed by atoms with Crippen molar-refractivity contribution in [3.8, 4) is 0 Å². The molecule has 0 aromatic carbocycles. The number of likely N-dealkylation sites (tertiary alicyclic amines) is 1. The maximum Gasteiger partial charge on any atom is 0.259 e. The lowest BCUT2D eigenvalue weighted by Crippen LogP contribution is -2.39. The van der Waals surface area contributed by atoms with Gasteiger partial charge in [0.25, 0.3) is 5.91 Å². The Morgan fingerprint density at radius 3 is 3.06 bits per heavy atom. The Bertz CT molecular complexity index is 481. The number of amides is 1. The summed E-state index contributed by atoms with van der Waals surface area (Å²) in [6.45, 7) is 2.33. The number of aromatic nitrogens is 1. The van der Waals surface area contributed by atoms with Crippen LogP contribution >= 0.6 is 0 Å². The van der Waals surface area contributed by atoms with Crippen molar-refractivity contribution >= 4 is 5.91 Å². The number of nitrogens with zero attached hydrogens (tertiary/aromatic N) is 1. The molecule has 1 fully saturated rings. The van der Waals surface area contributed by atoms with E-state index in [1.165, 1.54) is 12.3 Å². The van der Waals surface area contributed by atoms with E-state index >= 15 is 0 Å². The lowest BCUT2D eigenvalue weighted by molar-refractivity contribution is 0.0676. The molecule has 0 bridgehead atoms. The predicted molar refractivity (Wildman–Crippen MR) is 62.9 cm³/mol. The highest BCUT2D eigenvalue weighted by Crippen LogP contribution is 2.18. The lowest BCUT2D eigenvalue weighted by Gasteiger charge is -2.22. The number of aliphatic hydroxyl groups is 1. The van der Waals surface area contributed by atoms with E-state index in [-0.39, 0.29) is 29.5 Å². The molecule has 92 valence electrons. The van der Waals surface area contributed by atoms with E-state index in [2.05, 4.69) is 4.98 Å². The number of carbonyl (C=O) groups excluding carboxylic acids is 1. The van der Waals surface area contributed by atoms with E-state index in [1.807, 2.05) is 0 Å². The quantitative estimate of drug-likeness (QED) is 0.774. The molecular formula is C12H16N2O3. The van der Waals surface area contributed by atoms with Crippen LogP contribution in [0.4, 0.5) is 0 Å². The van der Waals surface area contributed by atoms with Gasteiger partial charge in [-0.05, 0) is 19.8 Å². The van der Waals surface area contributed by atoms with E-state index < -0.39 is 0 Å². The first kappa shape index (κ1) is 11.9. The number of pyridine rings is 1. The Morgan fingerprint density at radius 2 is 2.41 bits per heavy atom. The normalized spacial score (nSPS) is 19.6. The summed E-state index contributed by atoms with van der Waals surface area (Å²) >= 11 is 0. The molecule has 1 aromatic rings. The first-order valence-corrected chi connectivity index (χ1v) is 5.74. The average molecular weight is 236 g/mol. The molecule has 1 aliphatic rings. The Morgan fingerprint density at radius 1 is 1.65 bits per heavy atom. The van der Waals surface area contributed by atoms with Crippen molar-refractivity contribution < 1.29 is 9.90 Å². The predicted octanol–water partition coefficient (Wildman–Crippen LogP) is 0.280. The van der Waals surface area contributed by atoms with Crippen LogP contribution in [0.2, 0.25) is 0 Å². The maximum absolute atomic E-state index is 12.1. The van der Waals surface area contributed by atoms with Gasteiger partial charge in [0.2, 0.25) is 0 Å². The summed E-state index contributed by atoms with van der Waals surface area (Å²) in [5, 5.41) is 9.17. The second-order valence-corrected chi connectivity index (χ2v) is 4.37. The smallest absolute Gasteiger partial charge is 0.259 e. The van der Waals surface area contributed by atoms with Gasteiger partial charge in [0.05, 0.1) is 12.6 Å². The molecule has 5 nitrogen and oxygen atoms in total. The van der Waals surface area contributed by atoms with Crippen LogP contribution in [0.25, 0.3) is 0 Å². The van der Waals surface area contributed by atoms with Gasteiger partial charge in [-0.1, -0.05) is 0 Å². The van der Waals surface area contributed by atoms with Gasteiger partial charge in [-0.15, -0.1) is 0 Å². The van der Waals surface area contributed by atoms with Crippen molar-refractivity contribution in [1.82, 2.24) is 9.88 Å². The third kappa shape index (κ3) is 2.24. The number of nitrogens with one attached hydrogen (secondary N) is 1. The van der Waals surface area contributed by atoms with Gasteiger partial charge in [0.15, 0.2) is 5.43 Å². The first-order valence-electron chi connectivity index (χ1n) is 5.74. The van der Waals surface area contributed by atoms with E-state index in [0.717, 1.165) is 18.5 Å². The molecule has 0 aliphatic carbocycles. The monoisotopic (exact) mass is 236 g/mol. The summed E-state index contributed by atoms with van der Waals surface area (Å²) in [5.41, 5.74) is 0.609. The lowest BCUT2D eigenvalue weighted by atomic mass is 10.2. The molecule has 2 rings (SSSR count). The Balaban J connectivity index is 2.28. The molecular weight excluding hydrogens is 220 g/mol. The Labute approximate surface area is 99.1 Å². The zero-order chi connectivity index (χ0) is 12.4. The average Bonchev–Trinajstić information content (AvgIpc) is 2.76. The molecule has 5 heteroatoms. The maximum atomic E-state index is 12.1. The van der Waals surface area contributed by atoms with Crippen molar-refractivity contribution in [3.63, 3.8) is 0 Å². The number of rotatable bonds is 2. The van der Waals surface area contributed by atoms with Crippen molar-refractivity contribution in [1.29, 1.82) is 0 Å². The fraction of sp³-hybridized carbons (Fsp3) is 0.500. The van der Waals surface area contributed by atoms with Crippen LogP contribution in [0.3, 0.4) is 0 Å². The molecule has 0 saturated carbocycles. The number of carbonyl (C=O) groups is 1. The SMILES string of the molecule is Cc1cc(=O)c(C(=O)N2CCC[C@@H]2CO)c[nH]1. The third-order valence-corrected chi connectivity index (χ3v) is 3.14. The summed E-state index contributed by atoms with van der Waals surface area (Å²) in [4.78, 5) is 28.3. The molecule has 17 heavy (non-hydrogen) atoms. The fourth-order valence-electron chi connectivity index (χ4n) is 2.19. The summed E-state index contributed by atoms with van der Waals surface area (Å²) in [6, 6.07) is 1.26. The zero-order valence-corrected chi connectivity index (χ0v) is 9.77. The molecule has 1 aromatic heterocycles. The molecule has 1 aliphatic heterocycles. The van der Waals surface area contributed by atoms with Gasteiger partial charge in [-0.25, -0.2) is 0 Å². The molecule has 0 radical (unpaired) electrons. The van der Waals surface area contributed by atoms with Gasteiger partial charge in [-0.3, -0.25) is 9.59 Å². The van der Waals surface area contributed by atoms with Crippen molar-refractivity contribution in [2.45, 2.75) is 25.8 Å². The Kier molecular flexibility index (Phi) is 3.28. The second-order valence-electron chi connectivity index (χ2n) is 4.37. The van der Waals surface area contributed by atoms with Crippen LogP contribution in [0.1, 0.15) is 28.9 Å². The number of aromatic amines is 1. The standard InChI is InChI=1S/C12H16N2O3/c1-8-5-11(16)10(6-13-8)12(17)14-4-2-3-9(14)7-15/h5-6,9,15H,2-4,7H2,1H3,(H,13,16)/t9-/m1/s1. The third-order valence-electron chi connectivity index (χ3n) is 3.14. The highest BCUT2D eigenvalue weighted by Gasteiger charge is 2.29. The molecule has 0 spiro atoms. The van der Waals surface area contributed by atoms with E-state index in [9.17, 15) is 9.59 Å². The summed E-state index contributed by atoms with van der Waals surface area (Å²) in [7, 11) is 0. The summed E-state index contributed by atoms with van der Waals surface area (Å²) in [6.07, 6.45) is 3.12. The van der Waals surface area contributed by atoms with Crippen molar-refractivity contribution in [3.05, 3.63) is 33.7 Å². The topological polar surface area (TPSA) is 73.4 Å². The van der Waals surface area contributed by atoms with Crippen molar-refractivity contribution in [2.24, 2.45) is 0 Å². The highest BCUT2D eigenvalue weighted by molar-refractivity contribution is 5.94. The number of H-pyrrole nitrogens is 1. The van der Waals surface area contributed by atoms with Crippen LogP contribution in [-0.2, 0) is 0 Å². The van der Waals surface area contributed by atoms with Crippen molar-refractivity contribution in [2.75, 3.05) is 13.2 Å². The highest BCUT2D eigenvalue weighted by atomic mass is 16.3. The Hall–Kier alpha value is -1.62. The van der Waals surface area contributed by atoms with Crippen LogP contribution in [0.15, 0.2) is 17.1 Å². The summed E-state index contributed by atoms with van der Waals surface area (Å²) < 4.78 is 0. The second kappa shape index (κ2) is 4.71. The minimum Gasteiger partial charge on any atom is -0.394 e. The molecule has 1 saturated heterocycles.